The van der Waals surface area contributed by atoms with Crippen LogP contribution in [-0.2, 0) is 4.74 Å². The minimum absolute atomic E-state index is 0.176. The standard InChI is InChI=1S/C13H26N4O2S/c1-20-13(12(14)15-18)2-4-16(5-3-13)6-7-17-8-10-19-11-9-17/h18H,2-11H2,1H3,(H2,14,15). The summed E-state index contributed by atoms with van der Waals surface area (Å²) in [6, 6.07) is 0. The van der Waals surface area contributed by atoms with Crippen molar-refractivity contribution in [2.24, 2.45) is 10.9 Å². The van der Waals surface area contributed by atoms with Gasteiger partial charge in [0.1, 0.15) is 0 Å². The number of likely N-dealkylation sites (tertiary alicyclic amines) is 1. The maximum Gasteiger partial charge on any atom is 0.155 e. The van der Waals surface area contributed by atoms with Crippen molar-refractivity contribution in [3.8, 4) is 0 Å². The van der Waals surface area contributed by atoms with E-state index in [1.807, 2.05) is 6.26 Å². The highest BCUT2D eigenvalue weighted by molar-refractivity contribution is 8.00. The predicted octanol–water partition coefficient (Wildman–Crippen LogP) is 0.263. The largest absolute Gasteiger partial charge is 0.409 e. The Hall–Kier alpha value is -0.500. The van der Waals surface area contributed by atoms with Crippen LogP contribution in [0, 0.1) is 0 Å². The first-order valence-electron chi connectivity index (χ1n) is 7.26. The second-order valence-corrected chi connectivity index (χ2v) is 6.67. The molecule has 0 saturated carbocycles. The molecule has 0 spiro atoms. The third-order valence-corrected chi connectivity index (χ3v) is 5.86. The molecule has 116 valence electrons. The van der Waals surface area contributed by atoms with E-state index in [-0.39, 0.29) is 4.75 Å². The topological polar surface area (TPSA) is 74.3 Å². The normalized spacial score (nSPS) is 25.8. The van der Waals surface area contributed by atoms with Gasteiger partial charge in [0.25, 0.3) is 0 Å². The minimum Gasteiger partial charge on any atom is -0.409 e. The molecule has 0 atom stereocenters. The van der Waals surface area contributed by atoms with Crippen molar-refractivity contribution in [2.45, 2.75) is 17.6 Å². The van der Waals surface area contributed by atoms with E-state index in [1.54, 1.807) is 11.8 Å². The lowest BCUT2D eigenvalue weighted by molar-refractivity contribution is 0.0322. The van der Waals surface area contributed by atoms with Gasteiger partial charge in [-0.3, -0.25) is 4.90 Å². The lowest BCUT2D eigenvalue weighted by atomic mass is 9.94. The highest BCUT2D eigenvalue weighted by Crippen LogP contribution is 2.34. The molecule has 0 aromatic carbocycles. The van der Waals surface area contributed by atoms with E-state index in [9.17, 15) is 0 Å². The van der Waals surface area contributed by atoms with Crippen molar-refractivity contribution in [3.63, 3.8) is 0 Å². The first-order valence-corrected chi connectivity index (χ1v) is 8.48. The molecule has 2 aliphatic heterocycles. The van der Waals surface area contributed by atoms with Crippen molar-refractivity contribution in [3.05, 3.63) is 0 Å². The average Bonchev–Trinajstić information content (AvgIpc) is 2.53. The molecule has 2 saturated heterocycles. The van der Waals surface area contributed by atoms with Gasteiger partial charge in [-0.25, -0.2) is 0 Å². The van der Waals surface area contributed by atoms with E-state index >= 15 is 0 Å². The quantitative estimate of drug-likeness (QED) is 0.328. The summed E-state index contributed by atoms with van der Waals surface area (Å²) >= 11 is 1.70. The fourth-order valence-corrected chi connectivity index (χ4v) is 3.74. The number of hydrogen-bond donors (Lipinski definition) is 2. The molecule has 3 N–H and O–H groups in total. The zero-order valence-electron chi connectivity index (χ0n) is 12.3. The molecular weight excluding hydrogens is 276 g/mol. The van der Waals surface area contributed by atoms with Crippen LogP contribution >= 0.6 is 11.8 Å². The summed E-state index contributed by atoms with van der Waals surface area (Å²) in [4.78, 5) is 4.94. The Morgan fingerprint density at radius 2 is 1.75 bits per heavy atom. The molecule has 0 radical (unpaired) electrons. The Labute approximate surface area is 125 Å². The molecule has 7 heteroatoms. The number of morpholine rings is 1. The molecule has 0 aliphatic carbocycles. The fourth-order valence-electron chi connectivity index (χ4n) is 2.90. The van der Waals surface area contributed by atoms with Crippen LogP contribution in [-0.4, -0.2) is 84.3 Å². The van der Waals surface area contributed by atoms with Gasteiger partial charge >= 0.3 is 0 Å². The van der Waals surface area contributed by atoms with Crippen molar-refractivity contribution in [1.29, 1.82) is 0 Å². The first-order chi connectivity index (χ1) is 9.70. The lowest BCUT2D eigenvalue weighted by Crippen LogP contribution is -2.51. The van der Waals surface area contributed by atoms with E-state index in [0.717, 1.165) is 65.3 Å². The summed E-state index contributed by atoms with van der Waals surface area (Å²) in [5.41, 5.74) is 5.87. The van der Waals surface area contributed by atoms with Gasteiger partial charge in [-0.05, 0) is 32.2 Å². The van der Waals surface area contributed by atoms with E-state index in [0.29, 0.717) is 5.84 Å². The van der Waals surface area contributed by atoms with Gasteiger partial charge in [0, 0.05) is 26.2 Å². The number of rotatable bonds is 5. The Kier molecular flexibility index (Phi) is 5.95. The van der Waals surface area contributed by atoms with Crippen LogP contribution in [0.5, 0.6) is 0 Å². The van der Waals surface area contributed by atoms with Crippen molar-refractivity contribution >= 4 is 17.6 Å². The summed E-state index contributed by atoms with van der Waals surface area (Å²) in [6.45, 7) is 8.06. The zero-order valence-corrected chi connectivity index (χ0v) is 13.1. The van der Waals surface area contributed by atoms with Crippen LogP contribution in [0.4, 0.5) is 0 Å². The summed E-state index contributed by atoms with van der Waals surface area (Å²) in [5.74, 6) is 0.373. The molecule has 0 amide bonds. The van der Waals surface area contributed by atoms with Crippen LogP contribution in [0.25, 0.3) is 0 Å². The molecule has 6 nitrogen and oxygen atoms in total. The third kappa shape index (κ3) is 3.78. The maximum atomic E-state index is 8.94. The molecule has 0 unspecified atom stereocenters. The number of oxime groups is 1. The molecule has 0 aromatic heterocycles. The van der Waals surface area contributed by atoms with Crippen molar-refractivity contribution in [1.82, 2.24) is 9.80 Å². The first kappa shape index (κ1) is 15.9. The van der Waals surface area contributed by atoms with Crippen LogP contribution in [0.15, 0.2) is 5.16 Å². The molecule has 2 heterocycles. The highest BCUT2D eigenvalue weighted by Gasteiger charge is 2.38. The number of ether oxygens (including phenoxy) is 1. The number of nitrogens with zero attached hydrogens (tertiary/aromatic N) is 3. The highest BCUT2D eigenvalue weighted by atomic mass is 32.2. The Morgan fingerprint density at radius 3 is 2.25 bits per heavy atom. The average molecular weight is 302 g/mol. The number of amidine groups is 1. The number of thioether (sulfide) groups is 1. The van der Waals surface area contributed by atoms with Gasteiger partial charge in [-0.2, -0.15) is 11.8 Å². The molecular formula is C13H26N4O2S. The third-order valence-electron chi connectivity index (χ3n) is 4.47. The van der Waals surface area contributed by atoms with Gasteiger partial charge in [-0.1, -0.05) is 5.16 Å². The number of nitrogens with two attached hydrogens (primary N) is 1. The van der Waals surface area contributed by atoms with Crippen molar-refractivity contribution < 1.29 is 9.94 Å². The molecule has 0 bridgehead atoms. The predicted molar refractivity (Wildman–Crippen MR) is 82.6 cm³/mol. The fraction of sp³-hybridized carbons (Fsp3) is 0.923. The Balaban J connectivity index is 1.75. The van der Waals surface area contributed by atoms with Crippen LogP contribution in [0.1, 0.15) is 12.8 Å². The van der Waals surface area contributed by atoms with E-state index in [1.165, 1.54) is 0 Å². The summed E-state index contributed by atoms with van der Waals surface area (Å²) in [5, 5.41) is 12.2. The smallest absolute Gasteiger partial charge is 0.155 e. The monoisotopic (exact) mass is 302 g/mol. The summed E-state index contributed by atoms with van der Waals surface area (Å²) in [6.07, 6.45) is 3.95. The second kappa shape index (κ2) is 7.49. The van der Waals surface area contributed by atoms with Crippen LogP contribution < -0.4 is 5.73 Å². The van der Waals surface area contributed by atoms with Gasteiger partial charge in [0.2, 0.25) is 0 Å². The van der Waals surface area contributed by atoms with Gasteiger partial charge in [0.15, 0.2) is 5.84 Å². The Bertz CT molecular complexity index is 326. The van der Waals surface area contributed by atoms with E-state index < -0.39 is 0 Å². The van der Waals surface area contributed by atoms with E-state index in [2.05, 4.69) is 15.0 Å². The minimum atomic E-state index is -0.176. The van der Waals surface area contributed by atoms with Crippen molar-refractivity contribution in [2.75, 3.05) is 58.7 Å². The molecule has 2 aliphatic rings. The van der Waals surface area contributed by atoms with E-state index in [4.69, 9.17) is 15.7 Å². The zero-order chi connectivity index (χ0) is 14.4. The second-order valence-electron chi connectivity index (χ2n) is 5.48. The van der Waals surface area contributed by atoms with Gasteiger partial charge in [-0.15, -0.1) is 0 Å². The van der Waals surface area contributed by atoms with Crippen LogP contribution in [0.3, 0.4) is 0 Å². The van der Waals surface area contributed by atoms with Gasteiger partial charge in [0.05, 0.1) is 18.0 Å². The maximum absolute atomic E-state index is 8.94. The van der Waals surface area contributed by atoms with Gasteiger partial charge < -0.3 is 20.6 Å². The van der Waals surface area contributed by atoms with Crippen LogP contribution in [0.2, 0.25) is 0 Å². The number of piperidine rings is 1. The molecule has 20 heavy (non-hydrogen) atoms. The SMILES string of the molecule is CSC1(C(N)=NO)CCN(CCN2CCOCC2)CC1. The summed E-state index contributed by atoms with van der Waals surface area (Å²) < 4.78 is 5.19. The molecule has 2 fully saturated rings. The molecule has 0 aromatic rings. The number of hydrogen-bond acceptors (Lipinski definition) is 6. The Morgan fingerprint density at radius 1 is 1.20 bits per heavy atom. The molecule has 2 rings (SSSR count). The lowest BCUT2D eigenvalue weighted by Gasteiger charge is -2.40. The summed E-state index contributed by atoms with van der Waals surface area (Å²) in [7, 11) is 0.